The number of fused-ring (bicyclic) bond motifs is 9. The molecule has 15 aromatic rings. The Morgan fingerprint density at radius 3 is 1.16 bits per heavy atom. The van der Waals surface area contributed by atoms with Crippen LogP contribution in [0.5, 0.6) is 0 Å². The lowest BCUT2D eigenvalue weighted by molar-refractivity contribution is 1.07. The van der Waals surface area contributed by atoms with Crippen molar-refractivity contribution in [1.29, 1.82) is 0 Å². The highest BCUT2D eigenvalue weighted by Gasteiger charge is 2.21. The molecular formula is C69H44N6. The maximum absolute atomic E-state index is 5.02. The van der Waals surface area contributed by atoms with Crippen molar-refractivity contribution in [1.82, 2.24) is 28.7 Å². The molecule has 350 valence electrons. The number of hydrogen-bond donors (Lipinski definition) is 0. The van der Waals surface area contributed by atoms with Gasteiger partial charge in [-0.25, -0.2) is 15.0 Å². The average molecular weight is 957 g/mol. The summed E-state index contributed by atoms with van der Waals surface area (Å²) in [6, 6.07) is 95.6. The summed E-state index contributed by atoms with van der Waals surface area (Å²) >= 11 is 0. The summed E-state index contributed by atoms with van der Waals surface area (Å²) in [7, 11) is 0. The molecule has 11 aromatic carbocycles. The summed E-state index contributed by atoms with van der Waals surface area (Å²) in [6.07, 6.45) is 0. The molecule has 4 heterocycles. The van der Waals surface area contributed by atoms with Crippen LogP contribution < -0.4 is 0 Å². The Morgan fingerprint density at radius 2 is 0.613 bits per heavy atom. The molecule has 0 radical (unpaired) electrons. The molecule has 0 spiro atoms. The lowest BCUT2D eigenvalue weighted by Crippen LogP contribution is -2.00. The number of para-hydroxylation sites is 5. The highest BCUT2D eigenvalue weighted by atomic mass is 15.0. The third-order valence-corrected chi connectivity index (χ3v) is 14.9. The normalized spacial score (nSPS) is 11.7. The first-order valence-electron chi connectivity index (χ1n) is 25.4. The van der Waals surface area contributed by atoms with E-state index < -0.39 is 0 Å². The third kappa shape index (κ3) is 6.99. The van der Waals surface area contributed by atoms with Gasteiger partial charge >= 0.3 is 0 Å². The second-order valence-electron chi connectivity index (χ2n) is 19.2. The Morgan fingerprint density at radius 1 is 0.213 bits per heavy atom. The maximum Gasteiger partial charge on any atom is 0.164 e. The number of nitrogens with zero attached hydrogens (tertiary/aromatic N) is 6. The molecule has 0 amide bonds. The zero-order valence-electron chi connectivity index (χ0n) is 40.6. The van der Waals surface area contributed by atoms with Gasteiger partial charge < -0.3 is 13.7 Å². The number of rotatable bonds is 8. The van der Waals surface area contributed by atoms with Crippen LogP contribution in [0.15, 0.2) is 267 Å². The van der Waals surface area contributed by atoms with Crippen LogP contribution in [0.2, 0.25) is 0 Å². The molecule has 4 aromatic heterocycles. The molecule has 0 saturated heterocycles. The predicted molar refractivity (Wildman–Crippen MR) is 310 cm³/mol. The highest BCUT2D eigenvalue weighted by molar-refractivity contribution is 6.14. The molecule has 0 saturated carbocycles. The van der Waals surface area contributed by atoms with Crippen molar-refractivity contribution in [2.45, 2.75) is 0 Å². The first-order chi connectivity index (χ1) is 37.2. The summed E-state index contributed by atoms with van der Waals surface area (Å²) < 4.78 is 7.29. The largest absolute Gasteiger partial charge is 0.309 e. The van der Waals surface area contributed by atoms with Crippen LogP contribution in [0.4, 0.5) is 0 Å². The third-order valence-electron chi connectivity index (χ3n) is 14.9. The van der Waals surface area contributed by atoms with Gasteiger partial charge in [0.05, 0.1) is 38.8 Å². The lowest BCUT2D eigenvalue weighted by atomic mass is 9.96. The van der Waals surface area contributed by atoms with E-state index >= 15 is 0 Å². The van der Waals surface area contributed by atoms with Crippen molar-refractivity contribution in [2.75, 3.05) is 0 Å². The Hall–Kier alpha value is -10.2. The zero-order valence-corrected chi connectivity index (χ0v) is 40.6. The van der Waals surface area contributed by atoms with E-state index in [2.05, 4.69) is 220 Å². The minimum atomic E-state index is 0.627. The fourth-order valence-electron chi connectivity index (χ4n) is 11.4. The molecule has 0 fully saturated rings. The van der Waals surface area contributed by atoms with Crippen molar-refractivity contribution in [2.24, 2.45) is 0 Å². The fourth-order valence-corrected chi connectivity index (χ4v) is 11.4. The van der Waals surface area contributed by atoms with Crippen LogP contribution >= 0.6 is 0 Å². The zero-order chi connectivity index (χ0) is 49.4. The van der Waals surface area contributed by atoms with Crippen molar-refractivity contribution in [3.8, 4) is 73.5 Å². The van der Waals surface area contributed by atoms with Gasteiger partial charge in [0.1, 0.15) is 0 Å². The van der Waals surface area contributed by atoms with Crippen LogP contribution in [-0.4, -0.2) is 28.7 Å². The van der Waals surface area contributed by atoms with E-state index in [1.165, 1.54) is 43.4 Å². The number of hydrogen-bond acceptors (Lipinski definition) is 3. The van der Waals surface area contributed by atoms with Gasteiger partial charge in [-0.3, -0.25) is 0 Å². The van der Waals surface area contributed by atoms with Crippen LogP contribution in [0.3, 0.4) is 0 Å². The topological polar surface area (TPSA) is 53.5 Å². The van der Waals surface area contributed by atoms with Gasteiger partial charge in [-0.05, 0) is 83.4 Å². The molecule has 0 bridgehead atoms. The summed E-state index contributed by atoms with van der Waals surface area (Å²) in [4.78, 5) is 15.0. The molecule has 75 heavy (non-hydrogen) atoms. The number of benzene rings is 11. The van der Waals surface area contributed by atoms with Crippen molar-refractivity contribution in [3.63, 3.8) is 0 Å². The molecular weight excluding hydrogens is 913 g/mol. The van der Waals surface area contributed by atoms with Crippen LogP contribution in [0, 0.1) is 0 Å². The van der Waals surface area contributed by atoms with E-state index in [1.807, 2.05) is 60.7 Å². The Balaban J connectivity index is 0.907. The molecule has 0 aliphatic rings. The van der Waals surface area contributed by atoms with Crippen LogP contribution in [0.1, 0.15) is 0 Å². The Kier molecular flexibility index (Phi) is 9.78. The molecule has 6 heteroatoms. The van der Waals surface area contributed by atoms with Gasteiger partial charge in [0.25, 0.3) is 0 Å². The number of aromatic nitrogens is 6. The van der Waals surface area contributed by atoms with Gasteiger partial charge in [0, 0.05) is 65.9 Å². The Labute approximate surface area is 432 Å². The van der Waals surface area contributed by atoms with Crippen LogP contribution in [0.25, 0.3) is 139 Å². The second kappa shape index (κ2) is 17.3. The minimum absolute atomic E-state index is 0.627. The lowest BCUT2D eigenvalue weighted by Gasteiger charge is -2.17. The highest BCUT2D eigenvalue weighted by Crippen LogP contribution is 2.42. The van der Waals surface area contributed by atoms with E-state index in [4.69, 9.17) is 15.0 Å². The second-order valence-corrected chi connectivity index (χ2v) is 19.2. The molecule has 15 rings (SSSR count). The average Bonchev–Trinajstić information content (AvgIpc) is 4.16. The van der Waals surface area contributed by atoms with Gasteiger partial charge in [0.2, 0.25) is 0 Å². The first kappa shape index (κ1) is 42.5. The smallest absolute Gasteiger partial charge is 0.164 e. The maximum atomic E-state index is 5.02. The SMILES string of the molecule is c1ccc(-c2nc(-c3ccccc3)nc(-c3ccc(-c4ccc(-c5ccc6c7cc(-n8c9ccccc9c9ccccc98)ccc7n(-c7ccccc7)c6c5)c(-n5c6ccccc6c6ccccc65)c4)cc3)n2)cc1. The standard InChI is InChI=1S/C69H44N6/c1-4-18-46(19-5-1)67-70-68(47-20-6-2-7-21-47)72-69(71-67)48-34-32-45(33-35-48)49-36-39-53(65(42-49)75-62-30-16-12-26-56(62)57-27-13-17-31-63(57)75)50-37-40-58-59-44-52(38-41-64(59)73(66(58)43-50)51-22-8-3-9-23-51)74-60-28-14-10-24-54(60)55-25-11-15-29-61(55)74/h1-44H. The van der Waals surface area contributed by atoms with E-state index in [1.54, 1.807) is 0 Å². The summed E-state index contributed by atoms with van der Waals surface area (Å²) in [6.45, 7) is 0. The van der Waals surface area contributed by atoms with E-state index in [0.717, 1.165) is 78.1 Å². The van der Waals surface area contributed by atoms with Gasteiger partial charge in [-0.2, -0.15) is 0 Å². The van der Waals surface area contributed by atoms with E-state index in [-0.39, 0.29) is 0 Å². The van der Waals surface area contributed by atoms with Crippen molar-refractivity contribution < 1.29 is 0 Å². The van der Waals surface area contributed by atoms with Gasteiger partial charge in [0.15, 0.2) is 17.5 Å². The quantitative estimate of drug-likeness (QED) is 0.152. The van der Waals surface area contributed by atoms with Gasteiger partial charge in [-0.1, -0.05) is 200 Å². The summed E-state index contributed by atoms with van der Waals surface area (Å²) in [5.74, 6) is 1.91. The van der Waals surface area contributed by atoms with E-state index in [0.29, 0.717) is 17.5 Å². The molecule has 0 aliphatic heterocycles. The van der Waals surface area contributed by atoms with Crippen LogP contribution in [-0.2, 0) is 0 Å². The Bertz CT molecular complexity index is 4520. The predicted octanol–water partition coefficient (Wildman–Crippen LogP) is 17.5. The van der Waals surface area contributed by atoms with Crippen molar-refractivity contribution in [3.05, 3.63) is 267 Å². The summed E-state index contributed by atoms with van der Waals surface area (Å²) in [5.41, 5.74) is 17.6. The van der Waals surface area contributed by atoms with Gasteiger partial charge in [-0.15, -0.1) is 0 Å². The molecule has 0 aliphatic carbocycles. The molecule has 6 nitrogen and oxygen atoms in total. The minimum Gasteiger partial charge on any atom is -0.309 e. The molecule has 0 N–H and O–H groups in total. The van der Waals surface area contributed by atoms with E-state index in [9.17, 15) is 0 Å². The first-order valence-corrected chi connectivity index (χ1v) is 25.4. The van der Waals surface area contributed by atoms with Crippen molar-refractivity contribution >= 4 is 65.4 Å². The molecule has 0 unspecified atom stereocenters. The molecule has 0 atom stereocenters. The fraction of sp³-hybridized carbons (Fsp3) is 0. The monoisotopic (exact) mass is 956 g/mol. The summed E-state index contributed by atoms with van der Waals surface area (Å²) in [5, 5.41) is 7.33.